The summed E-state index contributed by atoms with van der Waals surface area (Å²) in [5.74, 6) is 0.253. The summed E-state index contributed by atoms with van der Waals surface area (Å²) in [6.07, 6.45) is 7.19. The lowest BCUT2D eigenvalue weighted by atomic mass is 9.79. The van der Waals surface area contributed by atoms with E-state index in [0.717, 1.165) is 13.0 Å². The summed E-state index contributed by atoms with van der Waals surface area (Å²) in [6.45, 7) is 7.93. The van der Waals surface area contributed by atoms with Gasteiger partial charge in [0.25, 0.3) is 0 Å². The highest BCUT2D eigenvalue weighted by Gasteiger charge is 2.30. The molecule has 1 aliphatic carbocycles. The Bertz CT molecular complexity index is 229. The van der Waals surface area contributed by atoms with E-state index < -0.39 is 0 Å². The average molecular weight is 222 g/mol. The van der Waals surface area contributed by atoms with E-state index in [1.165, 1.54) is 32.1 Å². The molecule has 0 heterocycles. The van der Waals surface area contributed by atoms with Crippen LogP contribution >= 0.6 is 0 Å². The van der Waals surface area contributed by atoms with Gasteiger partial charge in [-0.3, -0.25) is 0 Å². The van der Waals surface area contributed by atoms with Crippen LogP contribution in [-0.2, 0) is 0 Å². The fourth-order valence-electron chi connectivity index (χ4n) is 2.83. The van der Waals surface area contributed by atoms with Gasteiger partial charge >= 0.3 is 0 Å². The topological polar surface area (TPSA) is 35.8 Å². The van der Waals surface area contributed by atoms with Crippen LogP contribution in [0.15, 0.2) is 0 Å². The first-order valence-electron chi connectivity index (χ1n) is 6.84. The molecule has 0 aromatic rings. The van der Waals surface area contributed by atoms with Crippen molar-refractivity contribution in [3.05, 3.63) is 0 Å². The molecule has 1 N–H and O–H groups in total. The van der Waals surface area contributed by atoms with Gasteiger partial charge in [-0.05, 0) is 37.5 Å². The lowest BCUT2D eigenvalue weighted by Gasteiger charge is -2.32. The van der Waals surface area contributed by atoms with Crippen LogP contribution in [0.25, 0.3) is 0 Å². The summed E-state index contributed by atoms with van der Waals surface area (Å²) in [5.41, 5.74) is 0.447. The van der Waals surface area contributed by atoms with Crippen molar-refractivity contribution >= 4 is 0 Å². The van der Waals surface area contributed by atoms with E-state index in [0.29, 0.717) is 11.5 Å². The Morgan fingerprint density at radius 3 is 2.31 bits per heavy atom. The van der Waals surface area contributed by atoms with Gasteiger partial charge in [0.15, 0.2) is 0 Å². The molecule has 2 heteroatoms. The van der Waals surface area contributed by atoms with E-state index in [1.807, 2.05) is 0 Å². The number of rotatable bonds is 6. The molecular weight excluding hydrogens is 196 g/mol. The minimum Gasteiger partial charge on any atom is -0.312 e. The first-order valence-corrected chi connectivity index (χ1v) is 6.84. The van der Waals surface area contributed by atoms with Crippen molar-refractivity contribution in [1.29, 1.82) is 5.26 Å². The minimum absolute atomic E-state index is 0.253. The third kappa shape index (κ3) is 2.98. The molecule has 0 bridgehead atoms. The van der Waals surface area contributed by atoms with Crippen molar-refractivity contribution in [3.8, 4) is 6.07 Å². The molecule has 2 nitrogen and oxygen atoms in total. The number of nitrogens with one attached hydrogen (secondary N) is 1. The van der Waals surface area contributed by atoms with Crippen LogP contribution in [0.2, 0.25) is 0 Å². The predicted molar refractivity (Wildman–Crippen MR) is 68.1 cm³/mol. The van der Waals surface area contributed by atoms with Crippen molar-refractivity contribution in [2.45, 2.75) is 65.3 Å². The monoisotopic (exact) mass is 222 g/mol. The fourth-order valence-corrected chi connectivity index (χ4v) is 2.83. The maximum absolute atomic E-state index is 9.05. The van der Waals surface area contributed by atoms with Crippen molar-refractivity contribution in [2.24, 2.45) is 11.3 Å². The van der Waals surface area contributed by atoms with Crippen molar-refractivity contribution in [3.63, 3.8) is 0 Å². The van der Waals surface area contributed by atoms with Gasteiger partial charge < -0.3 is 5.32 Å². The standard InChI is InChI=1S/C14H26N2/c1-4-14(5-2,6-3)11-16-13-9-7-8-12(13)10-15/h12-13,16H,4-9,11H2,1-3H3. The van der Waals surface area contributed by atoms with Crippen LogP contribution in [0.3, 0.4) is 0 Å². The minimum atomic E-state index is 0.253. The third-order valence-electron chi connectivity index (χ3n) is 4.67. The molecule has 1 rings (SSSR count). The molecule has 16 heavy (non-hydrogen) atoms. The number of hydrogen-bond acceptors (Lipinski definition) is 2. The Labute approximate surface area is 100 Å². The Kier molecular flexibility index (Phi) is 5.28. The summed E-state index contributed by atoms with van der Waals surface area (Å²) < 4.78 is 0. The van der Waals surface area contributed by atoms with Crippen molar-refractivity contribution in [1.82, 2.24) is 5.32 Å². The Morgan fingerprint density at radius 1 is 1.19 bits per heavy atom. The van der Waals surface area contributed by atoms with Gasteiger partial charge in [0.05, 0.1) is 12.0 Å². The lowest BCUT2D eigenvalue weighted by molar-refractivity contribution is 0.223. The summed E-state index contributed by atoms with van der Waals surface area (Å²) >= 11 is 0. The molecule has 0 aliphatic heterocycles. The van der Waals surface area contributed by atoms with Crippen LogP contribution in [0.4, 0.5) is 0 Å². The Hall–Kier alpha value is -0.550. The van der Waals surface area contributed by atoms with Gasteiger partial charge in [0, 0.05) is 12.6 Å². The van der Waals surface area contributed by atoms with Crippen LogP contribution in [0.5, 0.6) is 0 Å². The lowest BCUT2D eigenvalue weighted by Crippen LogP contribution is -2.40. The van der Waals surface area contributed by atoms with Gasteiger partial charge in [-0.1, -0.05) is 27.2 Å². The van der Waals surface area contributed by atoms with Gasteiger partial charge in [-0.2, -0.15) is 5.26 Å². The van der Waals surface area contributed by atoms with Crippen LogP contribution < -0.4 is 5.32 Å². The molecular formula is C14H26N2. The molecule has 0 spiro atoms. The highest BCUT2D eigenvalue weighted by atomic mass is 14.9. The maximum atomic E-state index is 9.05. The largest absolute Gasteiger partial charge is 0.312 e. The summed E-state index contributed by atoms with van der Waals surface area (Å²) in [7, 11) is 0. The van der Waals surface area contributed by atoms with E-state index in [9.17, 15) is 0 Å². The Balaban J connectivity index is 2.46. The summed E-state index contributed by atoms with van der Waals surface area (Å²) in [5, 5.41) is 12.7. The highest BCUT2D eigenvalue weighted by Crippen LogP contribution is 2.31. The molecule has 2 atom stereocenters. The molecule has 0 saturated heterocycles. The summed E-state index contributed by atoms with van der Waals surface area (Å²) in [6, 6.07) is 2.89. The van der Waals surface area contributed by atoms with Crippen molar-refractivity contribution < 1.29 is 0 Å². The number of nitrogens with zero attached hydrogens (tertiary/aromatic N) is 1. The predicted octanol–water partition coefficient (Wildman–Crippen LogP) is 3.48. The second-order valence-corrected chi connectivity index (χ2v) is 5.21. The molecule has 1 aliphatic rings. The Morgan fingerprint density at radius 2 is 1.81 bits per heavy atom. The molecule has 92 valence electrons. The van der Waals surface area contributed by atoms with Crippen LogP contribution in [-0.4, -0.2) is 12.6 Å². The fraction of sp³-hybridized carbons (Fsp3) is 0.929. The van der Waals surface area contributed by atoms with E-state index in [1.54, 1.807) is 0 Å². The molecule has 0 aromatic heterocycles. The second-order valence-electron chi connectivity index (χ2n) is 5.21. The zero-order chi connectivity index (χ0) is 12.0. The number of hydrogen-bond donors (Lipinski definition) is 1. The maximum Gasteiger partial charge on any atom is 0.0672 e. The molecule has 1 fully saturated rings. The second kappa shape index (κ2) is 6.25. The molecule has 0 amide bonds. The quantitative estimate of drug-likeness (QED) is 0.747. The normalized spacial score (nSPS) is 25.6. The zero-order valence-electron chi connectivity index (χ0n) is 11.1. The third-order valence-corrected chi connectivity index (χ3v) is 4.67. The first-order chi connectivity index (χ1) is 7.71. The SMILES string of the molecule is CCC(CC)(CC)CNC1CCCC1C#N. The van der Waals surface area contributed by atoms with Gasteiger partial charge in [0.1, 0.15) is 0 Å². The van der Waals surface area contributed by atoms with E-state index >= 15 is 0 Å². The van der Waals surface area contributed by atoms with E-state index in [2.05, 4.69) is 32.2 Å². The average Bonchev–Trinajstić information content (AvgIpc) is 2.79. The van der Waals surface area contributed by atoms with Crippen molar-refractivity contribution in [2.75, 3.05) is 6.54 Å². The zero-order valence-corrected chi connectivity index (χ0v) is 11.1. The van der Waals surface area contributed by atoms with Crippen LogP contribution in [0.1, 0.15) is 59.3 Å². The highest BCUT2D eigenvalue weighted by molar-refractivity contribution is 4.97. The molecule has 0 radical (unpaired) electrons. The molecule has 0 aromatic carbocycles. The van der Waals surface area contributed by atoms with Gasteiger partial charge in [-0.15, -0.1) is 0 Å². The summed E-state index contributed by atoms with van der Waals surface area (Å²) in [4.78, 5) is 0. The van der Waals surface area contributed by atoms with Crippen LogP contribution in [0, 0.1) is 22.7 Å². The number of nitriles is 1. The first kappa shape index (κ1) is 13.5. The molecule has 2 unspecified atom stereocenters. The molecule has 1 saturated carbocycles. The van der Waals surface area contributed by atoms with Gasteiger partial charge in [0.2, 0.25) is 0 Å². The van der Waals surface area contributed by atoms with Gasteiger partial charge in [-0.25, -0.2) is 0 Å². The van der Waals surface area contributed by atoms with E-state index in [4.69, 9.17) is 5.26 Å². The smallest absolute Gasteiger partial charge is 0.0672 e. The van der Waals surface area contributed by atoms with E-state index in [-0.39, 0.29) is 5.92 Å².